The third-order valence-corrected chi connectivity index (χ3v) is 7.37. The van der Waals surface area contributed by atoms with Gasteiger partial charge in [0.05, 0.1) is 6.04 Å². The smallest absolute Gasteiger partial charge is 0.277 e. The first-order valence-corrected chi connectivity index (χ1v) is 13.4. The van der Waals surface area contributed by atoms with Gasteiger partial charge >= 0.3 is 0 Å². The summed E-state index contributed by atoms with van der Waals surface area (Å²) >= 11 is 0. The number of hydrogen-bond acceptors (Lipinski definition) is 5. The summed E-state index contributed by atoms with van der Waals surface area (Å²) in [5, 5.41) is 2.82. The Morgan fingerprint density at radius 1 is 1.03 bits per heavy atom. The number of ether oxygens (including phenoxy) is 1. The number of anilines is 1. The van der Waals surface area contributed by atoms with Crippen molar-refractivity contribution in [3.05, 3.63) is 112 Å². The number of aryl methyl sites for hydroxylation is 2. The summed E-state index contributed by atoms with van der Waals surface area (Å²) in [6.45, 7) is 4.86. The largest absolute Gasteiger partial charge is 0.484 e. The van der Waals surface area contributed by atoms with Crippen LogP contribution in [0.3, 0.4) is 0 Å². The minimum absolute atomic E-state index is 0.0798. The van der Waals surface area contributed by atoms with Crippen molar-refractivity contribution in [2.45, 2.75) is 45.8 Å². The van der Waals surface area contributed by atoms with E-state index in [1.54, 1.807) is 0 Å². The Morgan fingerprint density at radius 3 is 2.62 bits per heavy atom. The number of benzene rings is 3. The summed E-state index contributed by atoms with van der Waals surface area (Å²) < 4.78 is 11.6. The van der Waals surface area contributed by atoms with Gasteiger partial charge in [0.25, 0.3) is 5.91 Å². The number of aromatic nitrogens is 1. The number of hydrogen-bond donors (Lipinski definition) is 1. The van der Waals surface area contributed by atoms with Gasteiger partial charge in [-0.1, -0.05) is 53.6 Å². The molecule has 2 heterocycles. The van der Waals surface area contributed by atoms with Crippen LogP contribution < -0.4 is 10.1 Å². The molecule has 2 amide bonds. The van der Waals surface area contributed by atoms with Gasteiger partial charge in [0, 0.05) is 18.2 Å². The third kappa shape index (κ3) is 5.43. The van der Waals surface area contributed by atoms with Crippen molar-refractivity contribution in [3.63, 3.8) is 0 Å². The van der Waals surface area contributed by atoms with E-state index in [0.717, 1.165) is 41.5 Å². The van der Waals surface area contributed by atoms with Crippen LogP contribution in [0.25, 0.3) is 0 Å². The molecule has 1 saturated carbocycles. The molecular formula is C32H31N3O4. The van der Waals surface area contributed by atoms with Crippen LogP contribution in [0.4, 0.5) is 5.69 Å². The number of fused-ring (bicyclic) bond motifs is 1. The Balaban J connectivity index is 1.19. The molecule has 7 heteroatoms. The highest BCUT2D eigenvalue weighted by molar-refractivity contribution is 6.02. The van der Waals surface area contributed by atoms with Crippen molar-refractivity contribution in [2.24, 2.45) is 5.92 Å². The molecule has 0 bridgehead atoms. The van der Waals surface area contributed by atoms with Gasteiger partial charge in [0.1, 0.15) is 12.0 Å². The second-order valence-corrected chi connectivity index (χ2v) is 10.5. The van der Waals surface area contributed by atoms with Gasteiger partial charge in [0.2, 0.25) is 11.8 Å². The molecule has 0 saturated heterocycles. The zero-order valence-corrected chi connectivity index (χ0v) is 22.1. The van der Waals surface area contributed by atoms with Crippen LogP contribution in [0, 0.1) is 19.8 Å². The molecule has 1 unspecified atom stereocenters. The number of rotatable bonds is 7. The molecule has 39 heavy (non-hydrogen) atoms. The van der Waals surface area contributed by atoms with E-state index in [9.17, 15) is 9.59 Å². The quantitative estimate of drug-likeness (QED) is 0.322. The summed E-state index contributed by atoms with van der Waals surface area (Å²) in [5.74, 6) is 1.03. The minimum Gasteiger partial charge on any atom is -0.484 e. The van der Waals surface area contributed by atoms with Gasteiger partial charge in [-0.25, -0.2) is 4.98 Å². The first kappa shape index (κ1) is 24.9. The number of carbonyl (C=O) groups excluding carboxylic acids is 2. The average Bonchev–Trinajstić information content (AvgIpc) is 3.69. The lowest BCUT2D eigenvalue weighted by molar-refractivity contribution is -0.134. The molecule has 3 aromatic carbocycles. The van der Waals surface area contributed by atoms with Crippen LogP contribution in [0.2, 0.25) is 0 Å². The zero-order chi connectivity index (χ0) is 26.9. The Morgan fingerprint density at radius 2 is 1.85 bits per heavy atom. The molecule has 2 aliphatic rings. The SMILES string of the molecule is Cc1ccc(NC(=O)c2coc(COc3ccc4c(c3)C(c3cccc(C)c3)N(C(=O)C3CC3)CC4)n2)cc1. The van der Waals surface area contributed by atoms with Crippen molar-refractivity contribution >= 4 is 17.5 Å². The first-order valence-electron chi connectivity index (χ1n) is 13.4. The molecule has 1 aromatic heterocycles. The standard InChI is InChI=1S/C32H31N3O4/c1-20-6-11-25(12-7-20)33-31(36)28-18-39-29(34-28)19-38-26-13-10-22-14-15-35(32(37)23-8-9-23)30(27(22)17-26)24-5-3-4-21(2)16-24/h3-7,10-13,16-18,23,30H,8-9,14-15,19H2,1-2H3,(H,33,36). The fourth-order valence-corrected chi connectivity index (χ4v) is 5.14. The maximum Gasteiger partial charge on any atom is 0.277 e. The van der Waals surface area contributed by atoms with Gasteiger partial charge in [0.15, 0.2) is 12.3 Å². The Kier molecular flexibility index (Phi) is 6.65. The van der Waals surface area contributed by atoms with Gasteiger partial charge in [-0.2, -0.15) is 0 Å². The highest BCUT2D eigenvalue weighted by atomic mass is 16.5. The van der Waals surface area contributed by atoms with E-state index in [0.29, 0.717) is 23.9 Å². The van der Waals surface area contributed by atoms with Crippen LogP contribution in [0.5, 0.6) is 5.75 Å². The van der Waals surface area contributed by atoms with Crippen molar-refractivity contribution in [2.75, 3.05) is 11.9 Å². The maximum atomic E-state index is 13.3. The Labute approximate surface area is 227 Å². The summed E-state index contributed by atoms with van der Waals surface area (Å²) in [4.78, 5) is 32.2. The molecule has 6 rings (SSSR count). The number of nitrogens with zero attached hydrogens (tertiary/aromatic N) is 2. The number of amides is 2. The average molecular weight is 522 g/mol. The van der Waals surface area contributed by atoms with Crippen LogP contribution in [-0.2, 0) is 17.8 Å². The molecule has 1 aliphatic carbocycles. The highest BCUT2D eigenvalue weighted by Gasteiger charge is 2.39. The molecule has 0 radical (unpaired) electrons. The molecule has 1 aliphatic heterocycles. The van der Waals surface area contributed by atoms with Crippen molar-refractivity contribution in [3.8, 4) is 5.75 Å². The highest BCUT2D eigenvalue weighted by Crippen LogP contribution is 2.41. The van der Waals surface area contributed by atoms with Gasteiger partial charge in [-0.15, -0.1) is 0 Å². The van der Waals surface area contributed by atoms with Gasteiger partial charge in [-0.05, 0) is 74.1 Å². The van der Waals surface area contributed by atoms with E-state index >= 15 is 0 Å². The first-order chi connectivity index (χ1) is 18.9. The normalized spacial score (nSPS) is 16.5. The predicted molar refractivity (Wildman–Crippen MR) is 148 cm³/mol. The van der Waals surface area contributed by atoms with Crippen LogP contribution in [-0.4, -0.2) is 28.2 Å². The molecular weight excluding hydrogens is 490 g/mol. The molecule has 1 atom stereocenters. The van der Waals surface area contributed by atoms with Crippen LogP contribution >= 0.6 is 0 Å². The summed E-state index contributed by atoms with van der Waals surface area (Å²) in [5.41, 5.74) is 6.58. The molecule has 1 N–H and O–H groups in total. The van der Waals surface area contributed by atoms with E-state index in [1.165, 1.54) is 11.8 Å². The van der Waals surface area contributed by atoms with Crippen LogP contribution in [0.1, 0.15) is 63.1 Å². The van der Waals surface area contributed by atoms with E-state index in [1.807, 2.05) is 54.3 Å². The van der Waals surface area contributed by atoms with E-state index < -0.39 is 0 Å². The van der Waals surface area contributed by atoms with Crippen LogP contribution in [0.15, 0.2) is 77.4 Å². The molecule has 7 nitrogen and oxygen atoms in total. The van der Waals surface area contributed by atoms with Crippen molar-refractivity contribution in [1.82, 2.24) is 9.88 Å². The minimum atomic E-state index is -0.343. The Bertz CT molecular complexity index is 1520. The topological polar surface area (TPSA) is 84.7 Å². The number of oxazole rings is 1. The fourth-order valence-electron chi connectivity index (χ4n) is 5.14. The molecule has 198 valence electrons. The van der Waals surface area contributed by atoms with Gasteiger partial charge < -0.3 is 19.4 Å². The van der Waals surface area contributed by atoms with E-state index in [-0.39, 0.29) is 36.1 Å². The van der Waals surface area contributed by atoms with Gasteiger partial charge in [-0.3, -0.25) is 9.59 Å². The second-order valence-electron chi connectivity index (χ2n) is 10.5. The van der Waals surface area contributed by atoms with Crippen molar-refractivity contribution in [1.29, 1.82) is 0 Å². The lowest BCUT2D eigenvalue weighted by Gasteiger charge is -2.38. The Hall–Kier alpha value is -4.39. The predicted octanol–water partition coefficient (Wildman–Crippen LogP) is 6.01. The lowest BCUT2D eigenvalue weighted by Crippen LogP contribution is -2.41. The molecule has 0 spiro atoms. The van der Waals surface area contributed by atoms with E-state index in [2.05, 4.69) is 41.5 Å². The van der Waals surface area contributed by atoms with Crippen molar-refractivity contribution < 1.29 is 18.7 Å². The summed E-state index contributed by atoms with van der Waals surface area (Å²) in [7, 11) is 0. The summed E-state index contributed by atoms with van der Waals surface area (Å²) in [6, 6.07) is 21.8. The lowest BCUT2D eigenvalue weighted by atomic mass is 9.87. The zero-order valence-electron chi connectivity index (χ0n) is 22.1. The molecule has 1 fully saturated rings. The van der Waals surface area contributed by atoms with E-state index in [4.69, 9.17) is 9.15 Å². The maximum absolute atomic E-state index is 13.3. The number of carbonyl (C=O) groups is 2. The summed E-state index contributed by atoms with van der Waals surface area (Å²) in [6.07, 6.45) is 4.11. The fraction of sp³-hybridized carbons (Fsp3) is 0.281. The second kappa shape index (κ2) is 10.4. The number of nitrogens with one attached hydrogen (secondary N) is 1. The monoisotopic (exact) mass is 521 g/mol. The third-order valence-electron chi connectivity index (χ3n) is 7.37. The molecule has 4 aromatic rings.